The van der Waals surface area contributed by atoms with E-state index in [0.29, 0.717) is 5.92 Å². The molecular weight excluding hydrogens is 258 g/mol. The molecule has 2 unspecified atom stereocenters. The normalized spacial score (nSPS) is 20.5. The van der Waals surface area contributed by atoms with Crippen LogP contribution in [-0.4, -0.2) is 28.3 Å². The molecule has 1 aromatic carbocycles. The highest BCUT2D eigenvalue weighted by molar-refractivity contribution is 5.81. The van der Waals surface area contributed by atoms with E-state index in [9.17, 15) is 14.9 Å². The van der Waals surface area contributed by atoms with Crippen LogP contribution in [0.3, 0.4) is 0 Å². The van der Waals surface area contributed by atoms with Crippen LogP contribution in [0, 0.1) is 16.0 Å². The highest BCUT2D eigenvalue weighted by Gasteiger charge is 2.36. The van der Waals surface area contributed by atoms with Gasteiger partial charge in [0.05, 0.1) is 11.5 Å². The third kappa shape index (κ3) is 2.65. The van der Waals surface area contributed by atoms with Gasteiger partial charge in [0.1, 0.15) is 6.17 Å². The number of benzene rings is 1. The molecule has 0 bridgehead atoms. The van der Waals surface area contributed by atoms with Crippen LogP contribution in [0.25, 0.3) is 0 Å². The Morgan fingerprint density at radius 3 is 2.70 bits per heavy atom. The highest BCUT2D eigenvalue weighted by atomic mass is 16.6. The van der Waals surface area contributed by atoms with Gasteiger partial charge in [-0.15, -0.1) is 0 Å². The summed E-state index contributed by atoms with van der Waals surface area (Å²) in [6.45, 7) is 6.38. The maximum atomic E-state index is 12.1. The van der Waals surface area contributed by atoms with Crippen molar-refractivity contribution in [2.75, 3.05) is 6.54 Å². The molecule has 0 spiro atoms. The summed E-state index contributed by atoms with van der Waals surface area (Å²) < 4.78 is 0. The third-order valence-corrected chi connectivity index (χ3v) is 3.81. The first-order valence-corrected chi connectivity index (χ1v) is 6.70. The Bertz CT molecular complexity index is 530. The number of nitrogens with one attached hydrogen (secondary N) is 1. The fraction of sp³-hybridized carbons (Fsp3) is 0.500. The molecule has 108 valence electrons. The SMILES string of the molecule is CC(C)C(C)N1C(=O)CNC1c1cccc([N+](=O)[O-])c1. The quantitative estimate of drug-likeness (QED) is 0.675. The lowest BCUT2D eigenvalue weighted by molar-refractivity contribution is -0.385. The molecule has 1 fully saturated rings. The molecule has 1 N–H and O–H groups in total. The van der Waals surface area contributed by atoms with Crippen LogP contribution in [-0.2, 0) is 4.79 Å². The summed E-state index contributed by atoms with van der Waals surface area (Å²) in [5.74, 6) is 0.350. The molecule has 6 nitrogen and oxygen atoms in total. The second-order valence-corrected chi connectivity index (χ2v) is 5.42. The van der Waals surface area contributed by atoms with Crippen molar-refractivity contribution in [1.82, 2.24) is 10.2 Å². The van der Waals surface area contributed by atoms with Crippen molar-refractivity contribution in [2.24, 2.45) is 5.92 Å². The first-order chi connectivity index (χ1) is 9.41. The summed E-state index contributed by atoms with van der Waals surface area (Å²) in [7, 11) is 0. The molecule has 0 saturated carbocycles. The van der Waals surface area contributed by atoms with Gasteiger partial charge in [0.25, 0.3) is 5.69 Å². The largest absolute Gasteiger partial charge is 0.319 e. The number of rotatable bonds is 4. The van der Waals surface area contributed by atoms with Crippen LogP contribution >= 0.6 is 0 Å². The summed E-state index contributed by atoms with van der Waals surface area (Å²) >= 11 is 0. The number of carbonyl (C=O) groups is 1. The molecule has 0 aromatic heterocycles. The zero-order valence-electron chi connectivity index (χ0n) is 11.9. The number of nitro groups is 1. The lowest BCUT2D eigenvalue weighted by atomic mass is 10.0. The van der Waals surface area contributed by atoms with Gasteiger partial charge in [-0.2, -0.15) is 0 Å². The van der Waals surface area contributed by atoms with E-state index in [1.807, 2.05) is 13.0 Å². The van der Waals surface area contributed by atoms with E-state index in [-0.39, 0.29) is 30.3 Å². The Morgan fingerprint density at radius 2 is 2.10 bits per heavy atom. The Balaban J connectivity index is 2.33. The molecule has 1 aromatic rings. The van der Waals surface area contributed by atoms with Crippen molar-refractivity contribution >= 4 is 11.6 Å². The van der Waals surface area contributed by atoms with Crippen LogP contribution in [0.4, 0.5) is 5.69 Å². The van der Waals surface area contributed by atoms with E-state index in [0.717, 1.165) is 5.56 Å². The first kappa shape index (κ1) is 14.5. The van der Waals surface area contributed by atoms with Crippen molar-refractivity contribution < 1.29 is 9.72 Å². The summed E-state index contributed by atoms with van der Waals surface area (Å²) in [5, 5.41) is 14.0. The molecule has 2 atom stereocenters. The Labute approximate surface area is 117 Å². The number of nitrogens with zero attached hydrogens (tertiary/aromatic N) is 2. The van der Waals surface area contributed by atoms with Gasteiger partial charge in [-0.1, -0.05) is 26.0 Å². The number of hydrogen-bond acceptors (Lipinski definition) is 4. The summed E-state index contributed by atoms with van der Waals surface area (Å²) in [4.78, 5) is 24.3. The second kappa shape index (κ2) is 5.58. The van der Waals surface area contributed by atoms with Crippen molar-refractivity contribution in [3.63, 3.8) is 0 Å². The molecule has 1 aliphatic heterocycles. The number of carbonyl (C=O) groups excluding carboxylic acids is 1. The zero-order valence-corrected chi connectivity index (χ0v) is 11.9. The maximum absolute atomic E-state index is 12.1. The van der Waals surface area contributed by atoms with E-state index in [2.05, 4.69) is 19.2 Å². The highest BCUT2D eigenvalue weighted by Crippen LogP contribution is 2.29. The van der Waals surface area contributed by atoms with Gasteiger partial charge in [-0.25, -0.2) is 0 Å². The molecule has 2 rings (SSSR count). The number of hydrogen-bond donors (Lipinski definition) is 1. The lowest BCUT2D eigenvalue weighted by Crippen LogP contribution is -2.40. The van der Waals surface area contributed by atoms with Crippen LogP contribution in [0.1, 0.15) is 32.5 Å². The predicted molar refractivity (Wildman–Crippen MR) is 75.0 cm³/mol. The Hall–Kier alpha value is -1.95. The molecule has 1 amide bonds. The Morgan fingerprint density at radius 1 is 1.40 bits per heavy atom. The fourth-order valence-electron chi connectivity index (χ4n) is 2.39. The average Bonchev–Trinajstić information content (AvgIpc) is 2.79. The van der Waals surface area contributed by atoms with Crippen LogP contribution in [0.2, 0.25) is 0 Å². The molecule has 1 heterocycles. The Kier molecular flexibility index (Phi) is 4.04. The molecule has 0 aliphatic carbocycles. The minimum Gasteiger partial charge on any atom is -0.319 e. The smallest absolute Gasteiger partial charge is 0.269 e. The lowest BCUT2D eigenvalue weighted by Gasteiger charge is -2.33. The molecule has 0 radical (unpaired) electrons. The topological polar surface area (TPSA) is 75.5 Å². The summed E-state index contributed by atoms with van der Waals surface area (Å²) in [5.41, 5.74) is 0.790. The fourth-order valence-corrected chi connectivity index (χ4v) is 2.39. The number of nitro benzene ring substituents is 1. The van der Waals surface area contributed by atoms with E-state index >= 15 is 0 Å². The zero-order chi connectivity index (χ0) is 14.9. The number of non-ortho nitro benzene ring substituents is 1. The first-order valence-electron chi connectivity index (χ1n) is 6.70. The van der Waals surface area contributed by atoms with E-state index in [1.165, 1.54) is 12.1 Å². The van der Waals surface area contributed by atoms with Crippen LogP contribution in [0.15, 0.2) is 24.3 Å². The molecular formula is C14H19N3O3. The number of amides is 1. The van der Waals surface area contributed by atoms with Gasteiger partial charge in [0, 0.05) is 18.2 Å². The van der Waals surface area contributed by atoms with E-state index < -0.39 is 4.92 Å². The average molecular weight is 277 g/mol. The van der Waals surface area contributed by atoms with Crippen molar-refractivity contribution in [3.8, 4) is 0 Å². The standard InChI is InChI=1S/C14H19N3O3/c1-9(2)10(3)16-13(18)8-15-14(16)11-5-4-6-12(7-11)17(19)20/h4-7,9-10,14-15H,8H2,1-3H3. The van der Waals surface area contributed by atoms with E-state index in [1.54, 1.807) is 11.0 Å². The van der Waals surface area contributed by atoms with Crippen molar-refractivity contribution in [1.29, 1.82) is 0 Å². The predicted octanol–water partition coefficient (Wildman–Crippen LogP) is 2.07. The summed E-state index contributed by atoms with van der Waals surface area (Å²) in [6, 6.07) is 6.51. The molecule has 1 aliphatic rings. The van der Waals surface area contributed by atoms with Gasteiger partial charge in [-0.3, -0.25) is 20.2 Å². The summed E-state index contributed by atoms with van der Waals surface area (Å²) in [6.07, 6.45) is -0.292. The van der Waals surface area contributed by atoms with Crippen LogP contribution in [0.5, 0.6) is 0 Å². The van der Waals surface area contributed by atoms with Crippen molar-refractivity contribution in [2.45, 2.75) is 33.0 Å². The van der Waals surface area contributed by atoms with Gasteiger partial charge < -0.3 is 4.90 Å². The van der Waals surface area contributed by atoms with Gasteiger partial charge in [-0.05, 0) is 18.4 Å². The minimum atomic E-state index is -0.420. The molecule has 6 heteroatoms. The van der Waals surface area contributed by atoms with Gasteiger partial charge >= 0.3 is 0 Å². The van der Waals surface area contributed by atoms with Crippen molar-refractivity contribution in [3.05, 3.63) is 39.9 Å². The minimum absolute atomic E-state index is 0.0303. The monoisotopic (exact) mass is 277 g/mol. The third-order valence-electron chi connectivity index (χ3n) is 3.81. The maximum Gasteiger partial charge on any atom is 0.269 e. The molecule has 1 saturated heterocycles. The molecule has 20 heavy (non-hydrogen) atoms. The van der Waals surface area contributed by atoms with Crippen LogP contribution < -0.4 is 5.32 Å². The van der Waals surface area contributed by atoms with E-state index in [4.69, 9.17) is 0 Å². The van der Waals surface area contributed by atoms with Gasteiger partial charge in [0.2, 0.25) is 5.91 Å². The second-order valence-electron chi connectivity index (χ2n) is 5.42. The van der Waals surface area contributed by atoms with Gasteiger partial charge in [0.15, 0.2) is 0 Å².